The first-order valence-corrected chi connectivity index (χ1v) is 5.63. The number of hydrogen-bond donors (Lipinski definition) is 4. The van der Waals surface area contributed by atoms with Crippen LogP contribution in [0.5, 0.6) is 0 Å². The molecule has 8 heteroatoms. The lowest BCUT2D eigenvalue weighted by Gasteiger charge is -1.95. The number of benzene rings is 2. The van der Waals surface area contributed by atoms with Crippen molar-refractivity contribution in [3.05, 3.63) is 60.2 Å². The van der Waals surface area contributed by atoms with Gasteiger partial charge in [-0.2, -0.15) is 0 Å². The van der Waals surface area contributed by atoms with E-state index in [0.29, 0.717) is 10.9 Å². The lowest BCUT2D eigenvalue weighted by atomic mass is 9.80. The highest BCUT2D eigenvalue weighted by molar-refractivity contribution is 6.58. The fourth-order valence-electron chi connectivity index (χ4n) is 1.27. The Morgan fingerprint density at radius 1 is 0.550 bits per heavy atom. The minimum absolute atomic E-state index is 0.293. The summed E-state index contributed by atoms with van der Waals surface area (Å²) in [6, 6.07) is 9.98. The normalized spacial score (nSPS) is 9.50. The third-order valence-corrected chi connectivity index (χ3v) is 2.34. The summed E-state index contributed by atoms with van der Waals surface area (Å²) in [5, 5.41) is 34.2. The van der Waals surface area contributed by atoms with Crippen molar-refractivity contribution in [3.63, 3.8) is 0 Å². The lowest BCUT2D eigenvalue weighted by molar-refractivity contribution is 0.424. The first-order chi connectivity index (χ1) is 9.40. The molecule has 0 spiro atoms. The van der Waals surface area contributed by atoms with Gasteiger partial charge in [-0.15, -0.1) is 0 Å². The van der Waals surface area contributed by atoms with E-state index < -0.39 is 14.2 Å². The molecule has 2 aromatic carbocycles. The molecule has 2 rings (SSSR count). The maximum absolute atomic E-state index is 12.2. The molecule has 0 aliphatic carbocycles. The number of rotatable bonds is 2. The second-order valence-corrected chi connectivity index (χ2v) is 3.85. The minimum Gasteiger partial charge on any atom is -0.423 e. The maximum Gasteiger partial charge on any atom is 0.488 e. The largest absolute Gasteiger partial charge is 0.488 e. The molecule has 0 bridgehead atoms. The predicted molar refractivity (Wildman–Crippen MR) is 72.5 cm³/mol. The average molecular weight is 280 g/mol. The predicted octanol–water partition coefficient (Wildman–Crippen LogP) is -0.989. The first kappa shape index (κ1) is 16.3. The van der Waals surface area contributed by atoms with Crippen molar-refractivity contribution < 1.29 is 28.9 Å². The van der Waals surface area contributed by atoms with E-state index in [1.165, 1.54) is 48.5 Å². The van der Waals surface area contributed by atoms with Gasteiger partial charge >= 0.3 is 14.2 Å². The maximum atomic E-state index is 12.2. The molecule has 104 valence electrons. The summed E-state index contributed by atoms with van der Waals surface area (Å²) in [5.74, 6) is -0.770. The van der Waals surface area contributed by atoms with Crippen LogP contribution >= 0.6 is 0 Å². The molecule has 0 unspecified atom stereocenters. The van der Waals surface area contributed by atoms with Gasteiger partial charge in [0, 0.05) is 0 Å². The van der Waals surface area contributed by atoms with Gasteiger partial charge in [0.05, 0.1) is 0 Å². The quantitative estimate of drug-likeness (QED) is 0.532. The molecule has 0 radical (unpaired) electrons. The fraction of sp³-hybridized carbons (Fsp3) is 0. The summed E-state index contributed by atoms with van der Waals surface area (Å²) < 4.78 is 24.4. The van der Waals surface area contributed by atoms with E-state index >= 15 is 0 Å². The molecule has 0 amide bonds. The molecule has 4 nitrogen and oxygen atoms in total. The Bertz CT molecular complexity index is 468. The van der Waals surface area contributed by atoms with Crippen LogP contribution < -0.4 is 10.9 Å². The van der Waals surface area contributed by atoms with Gasteiger partial charge in [-0.3, -0.25) is 0 Å². The van der Waals surface area contributed by atoms with Gasteiger partial charge in [0.1, 0.15) is 11.6 Å². The van der Waals surface area contributed by atoms with Crippen molar-refractivity contribution in [3.8, 4) is 0 Å². The zero-order valence-corrected chi connectivity index (χ0v) is 10.3. The molecule has 4 N–H and O–H groups in total. The Kier molecular flexibility index (Phi) is 6.33. The van der Waals surface area contributed by atoms with Gasteiger partial charge in [-0.1, -0.05) is 24.3 Å². The van der Waals surface area contributed by atoms with E-state index in [1.54, 1.807) is 0 Å². The third-order valence-electron chi connectivity index (χ3n) is 2.34. The Balaban J connectivity index is 0.000000200. The minimum atomic E-state index is -1.51. The van der Waals surface area contributed by atoms with Crippen molar-refractivity contribution in [2.24, 2.45) is 0 Å². The zero-order valence-electron chi connectivity index (χ0n) is 10.3. The van der Waals surface area contributed by atoms with Crippen LogP contribution in [0, 0.1) is 11.6 Å². The van der Waals surface area contributed by atoms with Crippen LogP contribution in [0.2, 0.25) is 0 Å². The average Bonchev–Trinajstić information content (AvgIpc) is 2.40. The first-order valence-electron chi connectivity index (χ1n) is 5.63. The Labute approximate surface area is 115 Å². The van der Waals surface area contributed by atoms with Crippen LogP contribution in [0.1, 0.15) is 0 Å². The standard InChI is InChI=1S/2C6H6BFO2/c2*8-6-3-1-5(2-4-6)7(9)10/h2*1-4,9-10H. The van der Waals surface area contributed by atoms with Crippen molar-refractivity contribution in [1.82, 2.24) is 0 Å². The van der Waals surface area contributed by atoms with E-state index in [-0.39, 0.29) is 11.6 Å². The van der Waals surface area contributed by atoms with E-state index in [0.717, 1.165) is 0 Å². The Morgan fingerprint density at radius 3 is 1.00 bits per heavy atom. The smallest absolute Gasteiger partial charge is 0.423 e. The van der Waals surface area contributed by atoms with E-state index in [4.69, 9.17) is 20.1 Å². The molecule has 0 saturated carbocycles. The summed E-state index contributed by atoms with van der Waals surface area (Å²) in [6.07, 6.45) is 0. The van der Waals surface area contributed by atoms with Crippen LogP contribution in [-0.4, -0.2) is 34.3 Å². The SMILES string of the molecule is OB(O)c1ccc(F)cc1.OB(O)c1ccc(F)cc1. The molecule has 0 aromatic heterocycles. The van der Waals surface area contributed by atoms with Crippen molar-refractivity contribution >= 4 is 25.2 Å². The van der Waals surface area contributed by atoms with Gasteiger partial charge in [-0.25, -0.2) is 8.78 Å². The highest BCUT2D eigenvalue weighted by atomic mass is 19.1. The molecular weight excluding hydrogens is 268 g/mol. The summed E-state index contributed by atoms with van der Waals surface area (Å²) >= 11 is 0. The second-order valence-electron chi connectivity index (χ2n) is 3.85. The highest BCUT2D eigenvalue weighted by Gasteiger charge is 2.09. The van der Waals surface area contributed by atoms with Crippen LogP contribution in [0.15, 0.2) is 48.5 Å². The van der Waals surface area contributed by atoms with E-state index in [1.807, 2.05) is 0 Å². The van der Waals surface area contributed by atoms with Gasteiger partial charge in [0.15, 0.2) is 0 Å². The molecule has 0 fully saturated rings. The van der Waals surface area contributed by atoms with Crippen molar-refractivity contribution in [2.75, 3.05) is 0 Å². The van der Waals surface area contributed by atoms with E-state index in [2.05, 4.69) is 0 Å². The monoisotopic (exact) mass is 280 g/mol. The molecule has 20 heavy (non-hydrogen) atoms. The molecule has 0 aliphatic rings. The Hall–Kier alpha value is -1.73. The fourth-order valence-corrected chi connectivity index (χ4v) is 1.27. The molecule has 2 aromatic rings. The number of hydrogen-bond acceptors (Lipinski definition) is 4. The van der Waals surface area contributed by atoms with Crippen LogP contribution in [0.4, 0.5) is 8.78 Å². The molecule has 0 aliphatic heterocycles. The van der Waals surface area contributed by atoms with Crippen molar-refractivity contribution in [1.29, 1.82) is 0 Å². The topological polar surface area (TPSA) is 80.9 Å². The van der Waals surface area contributed by atoms with Gasteiger partial charge in [-0.05, 0) is 35.2 Å². The lowest BCUT2D eigenvalue weighted by Crippen LogP contribution is -2.29. The van der Waals surface area contributed by atoms with Gasteiger partial charge in [0.25, 0.3) is 0 Å². The molecule has 0 heterocycles. The molecular formula is C12H12B2F2O4. The number of halogens is 2. The molecule has 0 saturated heterocycles. The Morgan fingerprint density at radius 2 is 0.800 bits per heavy atom. The third kappa shape index (κ3) is 5.50. The highest BCUT2D eigenvalue weighted by Crippen LogP contribution is 1.93. The zero-order chi connectivity index (χ0) is 15.1. The van der Waals surface area contributed by atoms with Crippen molar-refractivity contribution in [2.45, 2.75) is 0 Å². The van der Waals surface area contributed by atoms with Gasteiger partial charge in [0.2, 0.25) is 0 Å². The summed E-state index contributed by atoms with van der Waals surface area (Å²) in [7, 11) is -3.03. The van der Waals surface area contributed by atoms with Crippen LogP contribution in [-0.2, 0) is 0 Å². The summed E-state index contributed by atoms with van der Waals surface area (Å²) in [4.78, 5) is 0. The molecule has 0 atom stereocenters. The van der Waals surface area contributed by atoms with E-state index in [9.17, 15) is 8.78 Å². The summed E-state index contributed by atoms with van der Waals surface area (Å²) in [5.41, 5.74) is 0.586. The van der Waals surface area contributed by atoms with Gasteiger partial charge < -0.3 is 20.1 Å². The van der Waals surface area contributed by atoms with Crippen LogP contribution in [0.3, 0.4) is 0 Å². The van der Waals surface area contributed by atoms with Crippen LogP contribution in [0.25, 0.3) is 0 Å². The summed E-state index contributed by atoms with van der Waals surface area (Å²) in [6.45, 7) is 0. The second kappa shape index (κ2) is 7.76.